The third kappa shape index (κ3) is 3.98. The number of fused-ring (bicyclic) bond motifs is 1. The zero-order valence-corrected chi connectivity index (χ0v) is 20.8. The molecule has 0 saturated heterocycles. The van der Waals surface area contributed by atoms with Gasteiger partial charge in [-0.25, -0.2) is 9.98 Å². The molecule has 2 aliphatic heterocycles. The summed E-state index contributed by atoms with van der Waals surface area (Å²) in [6, 6.07) is 11.9. The maximum atomic E-state index is 13.2. The van der Waals surface area contributed by atoms with Crippen LogP contribution in [0.3, 0.4) is 0 Å². The number of ketones is 1. The molecule has 0 aliphatic carbocycles. The van der Waals surface area contributed by atoms with Crippen molar-refractivity contribution in [3.05, 3.63) is 75.9 Å². The molecule has 3 aromatic rings. The summed E-state index contributed by atoms with van der Waals surface area (Å²) in [7, 11) is 1.74. The number of amidine groups is 1. The van der Waals surface area contributed by atoms with Gasteiger partial charge in [0, 0.05) is 35.6 Å². The number of thioether (sulfide) groups is 2. The van der Waals surface area contributed by atoms with E-state index in [9.17, 15) is 9.59 Å². The maximum Gasteiger partial charge on any atom is 0.238 e. The molecule has 0 N–H and O–H groups in total. The minimum absolute atomic E-state index is 0.0174. The summed E-state index contributed by atoms with van der Waals surface area (Å²) in [5, 5.41) is 5.23. The van der Waals surface area contributed by atoms with Crippen LogP contribution in [0.1, 0.15) is 27.3 Å². The molecule has 0 spiro atoms. The lowest BCUT2D eigenvalue weighted by atomic mass is 9.92. The largest absolute Gasteiger partial charge is 0.294 e. The van der Waals surface area contributed by atoms with Gasteiger partial charge in [0.25, 0.3) is 0 Å². The van der Waals surface area contributed by atoms with Crippen molar-refractivity contribution in [1.82, 2.24) is 14.5 Å². The first-order valence-electron chi connectivity index (χ1n) is 10.5. The van der Waals surface area contributed by atoms with Gasteiger partial charge in [0.2, 0.25) is 5.91 Å². The number of hydrogen-bond donors (Lipinski definition) is 0. The molecule has 9 heteroatoms. The van der Waals surface area contributed by atoms with Crippen molar-refractivity contribution in [3.8, 4) is 5.13 Å². The van der Waals surface area contributed by atoms with Gasteiger partial charge in [-0.3, -0.25) is 19.1 Å². The van der Waals surface area contributed by atoms with Crippen LogP contribution >= 0.6 is 34.9 Å². The molecule has 4 heterocycles. The van der Waals surface area contributed by atoms with Crippen molar-refractivity contribution in [3.63, 3.8) is 0 Å². The van der Waals surface area contributed by atoms with Crippen LogP contribution in [0.2, 0.25) is 0 Å². The number of aryl methyl sites for hydroxylation is 1. The molecule has 0 saturated carbocycles. The lowest BCUT2D eigenvalue weighted by Crippen LogP contribution is -2.44. The highest BCUT2D eigenvalue weighted by molar-refractivity contribution is 8.14. The van der Waals surface area contributed by atoms with E-state index in [4.69, 9.17) is 4.99 Å². The summed E-state index contributed by atoms with van der Waals surface area (Å²) in [5.41, 5.74) is 4.60. The zero-order chi connectivity index (χ0) is 23.1. The summed E-state index contributed by atoms with van der Waals surface area (Å²) in [6.07, 6.45) is 1.76. The molecule has 6 nitrogen and oxygen atoms in total. The third-order valence-electron chi connectivity index (χ3n) is 5.86. The number of carbonyl (C=O) groups excluding carboxylic acids is 2. The van der Waals surface area contributed by atoms with Gasteiger partial charge >= 0.3 is 0 Å². The van der Waals surface area contributed by atoms with Crippen molar-refractivity contribution >= 4 is 57.3 Å². The standard InChI is InChI=1S/C24H22N4O2S3/c1-14-11-17(15(2)28(14)23-25-9-10-31-23)19(29)13-33-24-26-21-20(22(30)27(24)3)18(12-32-21)16-7-5-4-6-8-16/h4-12,20-21H,13H2,1-3H3/t20-,21-/m1/s1. The average molecular weight is 495 g/mol. The fourth-order valence-corrected chi connectivity index (χ4v) is 7.05. The van der Waals surface area contributed by atoms with Gasteiger partial charge in [0.15, 0.2) is 16.1 Å². The highest BCUT2D eigenvalue weighted by atomic mass is 32.2. The van der Waals surface area contributed by atoms with Gasteiger partial charge in [0.1, 0.15) is 5.37 Å². The fraction of sp³-hybridized carbons (Fsp3) is 0.250. The Morgan fingerprint density at radius 2 is 2.00 bits per heavy atom. The molecule has 0 unspecified atom stereocenters. The lowest BCUT2D eigenvalue weighted by molar-refractivity contribution is -0.129. The van der Waals surface area contributed by atoms with Crippen LogP contribution < -0.4 is 0 Å². The number of aliphatic imine (C=N–C) groups is 1. The number of thiazole rings is 1. The van der Waals surface area contributed by atoms with Gasteiger partial charge in [0.05, 0.1) is 11.7 Å². The number of hydrogen-bond acceptors (Lipinski definition) is 7. The molecule has 0 bridgehead atoms. The summed E-state index contributed by atoms with van der Waals surface area (Å²) in [6.45, 7) is 3.92. The van der Waals surface area contributed by atoms with Crippen LogP contribution in [0.25, 0.3) is 10.7 Å². The summed E-state index contributed by atoms with van der Waals surface area (Å²) >= 11 is 4.44. The predicted octanol–water partition coefficient (Wildman–Crippen LogP) is 5.02. The molecule has 33 heavy (non-hydrogen) atoms. The molecular formula is C24H22N4O2S3. The highest BCUT2D eigenvalue weighted by Crippen LogP contribution is 2.45. The Hall–Kier alpha value is -2.62. The van der Waals surface area contributed by atoms with Crippen LogP contribution in [-0.2, 0) is 4.79 Å². The first-order valence-corrected chi connectivity index (χ1v) is 13.3. The smallest absolute Gasteiger partial charge is 0.238 e. The van der Waals surface area contributed by atoms with Crippen LogP contribution in [-0.4, -0.2) is 49.5 Å². The molecule has 168 valence electrons. The van der Waals surface area contributed by atoms with E-state index in [0.717, 1.165) is 27.7 Å². The van der Waals surface area contributed by atoms with Crippen molar-refractivity contribution in [2.24, 2.45) is 10.9 Å². The van der Waals surface area contributed by atoms with Crippen molar-refractivity contribution in [2.75, 3.05) is 12.8 Å². The average Bonchev–Trinajstić information content (AvgIpc) is 3.55. The van der Waals surface area contributed by atoms with E-state index >= 15 is 0 Å². The normalized spacial score (nSPS) is 20.0. The van der Waals surface area contributed by atoms with Gasteiger partial charge in [-0.2, -0.15) is 0 Å². The van der Waals surface area contributed by atoms with Crippen LogP contribution in [0, 0.1) is 19.8 Å². The topological polar surface area (TPSA) is 67.6 Å². The van der Waals surface area contributed by atoms with Crippen molar-refractivity contribution in [2.45, 2.75) is 19.2 Å². The van der Waals surface area contributed by atoms with Crippen LogP contribution in [0.5, 0.6) is 0 Å². The molecule has 2 aliphatic rings. The second-order valence-electron chi connectivity index (χ2n) is 7.90. The van der Waals surface area contributed by atoms with E-state index in [1.165, 1.54) is 23.1 Å². The summed E-state index contributed by atoms with van der Waals surface area (Å²) in [5.74, 6) is -0.0324. The summed E-state index contributed by atoms with van der Waals surface area (Å²) in [4.78, 5) is 37.1. The number of Topliss-reactive ketones (excluding diaryl/α,β-unsaturated/α-hetero) is 1. The van der Waals surface area contributed by atoms with Gasteiger partial charge < -0.3 is 0 Å². The molecule has 0 radical (unpaired) electrons. The van der Waals surface area contributed by atoms with Gasteiger partial charge in [-0.05, 0) is 36.5 Å². The van der Waals surface area contributed by atoms with E-state index < -0.39 is 0 Å². The van der Waals surface area contributed by atoms with E-state index in [-0.39, 0.29) is 28.7 Å². The maximum absolute atomic E-state index is 13.2. The second kappa shape index (κ2) is 8.96. The van der Waals surface area contributed by atoms with Crippen molar-refractivity contribution in [1.29, 1.82) is 0 Å². The SMILES string of the molecule is Cc1cc(C(=O)CSC2=N[C@@H]3SC=C(c4ccccc4)[C@H]3C(=O)N2C)c(C)n1-c1nccs1. The third-order valence-corrected chi connectivity index (χ3v) is 8.70. The molecule has 1 aromatic carbocycles. The second-order valence-corrected chi connectivity index (χ2v) is 10.7. The Morgan fingerprint density at radius 3 is 2.73 bits per heavy atom. The molecular weight excluding hydrogens is 472 g/mol. The molecule has 2 aromatic heterocycles. The quantitative estimate of drug-likeness (QED) is 0.466. The monoisotopic (exact) mass is 494 g/mol. The number of benzene rings is 1. The van der Waals surface area contributed by atoms with Crippen molar-refractivity contribution < 1.29 is 9.59 Å². The van der Waals surface area contributed by atoms with E-state index in [1.54, 1.807) is 29.9 Å². The molecule has 2 atom stereocenters. The first kappa shape index (κ1) is 22.2. The number of rotatable bonds is 5. The fourth-order valence-electron chi connectivity index (χ4n) is 4.19. The molecule has 5 rings (SSSR count). The summed E-state index contributed by atoms with van der Waals surface area (Å²) < 4.78 is 2.01. The Bertz CT molecular complexity index is 1280. The lowest BCUT2D eigenvalue weighted by Gasteiger charge is -2.31. The highest BCUT2D eigenvalue weighted by Gasteiger charge is 2.43. The van der Waals surface area contributed by atoms with Crippen LogP contribution in [0.4, 0.5) is 0 Å². The van der Waals surface area contributed by atoms with E-state index in [2.05, 4.69) is 4.98 Å². The van der Waals surface area contributed by atoms with Gasteiger partial charge in [-0.15, -0.1) is 23.1 Å². The molecule has 1 amide bonds. The number of carbonyl (C=O) groups is 2. The number of amides is 1. The Morgan fingerprint density at radius 1 is 1.21 bits per heavy atom. The number of nitrogens with zero attached hydrogens (tertiary/aromatic N) is 4. The predicted molar refractivity (Wildman–Crippen MR) is 137 cm³/mol. The Kier molecular flexibility index (Phi) is 6.03. The number of aromatic nitrogens is 2. The Labute approximate surface area is 204 Å². The van der Waals surface area contributed by atoms with Gasteiger partial charge in [-0.1, -0.05) is 42.1 Å². The van der Waals surface area contributed by atoms with E-state index in [0.29, 0.717) is 10.7 Å². The first-order chi connectivity index (χ1) is 16.0. The molecule has 0 fully saturated rings. The Balaban J connectivity index is 1.32. The van der Waals surface area contributed by atoms with E-state index in [1.807, 2.05) is 65.6 Å². The van der Waals surface area contributed by atoms with Crippen LogP contribution in [0.15, 0.2) is 58.4 Å². The minimum atomic E-state index is -0.292. The zero-order valence-electron chi connectivity index (χ0n) is 18.4. The minimum Gasteiger partial charge on any atom is -0.294 e.